The third-order valence-electron chi connectivity index (χ3n) is 4.16. The van der Waals surface area contributed by atoms with Crippen molar-refractivity contribution < 1.29 is 28.8 Å². The molecular formula is C18H19N7O7S. The van der Waals surface area contributed by atoms with Crippen LogP contribution in [0.25, 0.3) is 0 Å². The second-order valence-corrected chi connectivity index (χ2v) is 7.40. The highest BCUT2D eigenvalue weighted by Crippen LogP contribution is 2.34. The molecule has 3 aromatic heterocycles. The van der Waals surface area contributed by atoms with Gasteiger partial charge in [0.05, 0.1) is 18.8 Å². The fourth-order valence-corrected chi connectivity index (χ4v) is 3.84. The van der Waals surface area contributed by atoms with E-state index < -0.39 is 28.7 Å². The van der Waals surface area contributed by atoms with E-state index in [4.69, 9.17) is 9.47 Å². The Morgan fingerprint density at radius 2 is 1.85 bits per heavy atom. The number of aromatic nitrogens is 5. The Labute approximate surface area is 190 Å². The minimum absolute atomic E-state index is 0.00293. The molecule has 1 amide bonds. The zero-order valence-electron chi connectivity index (χ0n) is 17.8. The molecule has 0 radical (unpaired) electrons. The number of nitrogens with zero attached hydrogens (tertiary/aromatic N) is 6. The largest absolute Gasteiger partial charge is 0.491 e. The van der Waals surface area contributed by atoms with Gasteiger partial charge < -0.3 is 24.9 Å². The number of amides is 1. The number of esters is 2. The van der Waals surface area contributed by atoms with Crippen LogP contribution in [0.2, 0.25) is 0 Å². The fraction of sp³-hybridized carbons (Fsp3) is 0.333. The normalized spacial score (nSPS) is 10.6. The Kier molecular flexibility index (Phi) is 7.12. The molecular weight excluding hydrogens is 458 g/mol. The van der Waals surface area contributed by atoms with Crippen molar-refractivity contribution in [2.75, 3.05) is 18.5 Å². The molecule has 15 heteroatoms. The van der Waals surface area contributed by atoms with Gasteiger partial charge in [-0.3, -0.25) is 4.79 Å². The first kappa shape index (κ1) is 23.5. The van der Waals surface area contributed by atoms with Crippen LogP contribution in [0, 0.1) is 17.0 Å². The number of nitrogens with one attached hydrogen (secondary N) is 1. The van der Waals surface area contributed by atoms with Gasteiger partial charge in [-0.2, -0.15) is 9.78 Å². The van der Waals surface area contributed by atoms with E-state index >= 15 is 0 Å². The van der Waals surface area contributed by atoms with Crippen LogP contribution in [0.1, 0.15) is 49.9 Å². The SMILES string of the molecule is CCOC(=O)c1sc(NC(=O)c2ccn(Cn3cnc([N+](=O)[O-])n3)n2)c(C(=O)OCC)c1C. The Morgan fingerprint density at radius 1 is 1.15 bits per heavy atom. The number of carbonyl (C=O) groups is 3. The number of rotatable bonds is 9. The topological polar surface area (TPSA) is 173 Å². The van der Waals surface area contributed by atoms with Crippen LogP contribution >= 0.6 is 11.3 Å². The molecule has 0 saturated heterocycles. The summed E-state index contributed by atoms with van der Waals surface area (Å²) in [6, 6.07) is 1.41. The average Bonchev–Trinajstić information content (AvgIpc) is 3.48. The lowest BCUT2D eigenvalue weighted by molar-refractivity contribution is -0.394. The summed E-state index contributed by atoms with van der Waals surface area (Å²) < 4.78 is 12.6. The molecule has 3 heterocycles. The maximum absolute atomic E-state index is 12.7. The Morgan fingerprint density at radius 3 is 2.48 bits per heavy atom. The second kappa shape index (κ2) is 9.99. The van der Waals surface area contributed by atoms with Crippen LogP contribution in [-0.2, 0) is 16.1 Å². The summed E-state index contributed by atoms with van der Waals surface area (Å²) in [5.74, 6) is -2.50. The lowest BCUT2D eigenvalue weighted by Crippen LogP contribution is -2.16. The summed E-state index contributed by atoms with van der Waals surface area (Å²) in [6.07, 6.45) is 2.63. The van der Waals surface area contributed by atoms with Crippen molar-refractivity contribution in [1.29, 1.82) is 0 Å². The van der Waals surface area contributed by atoms with Gasteiger partial charge in [0.1, 0.15) is 9.88 Å². The predicted octanol–water partition coefficient (Wildman–Crippen LogP) is 1.86. The maximum Gasteiger partial charge on any atom is 0.491 e. The van der Waals surface area contributed by atoms with Gasteiger partial charge in [0.15, 0.2) is 12.4 Å². The van der Waals surface area contributed by atoms with Gasteiger partial charge in [-0.15, -0.1) is 11.3 Å². The lowest BCUT2D eigenvalue weighted by Gasteiger charge is -2.06. The molecule has 33 heavy (non-hydrogen) atoms. The first-order valence-corrected chi connectivity index (χ1v) is 10.4. The van der Waals surface area contributed by atoms with E-state index in [1.807, 2.05) is 0 Å². The first-order valence-electron chi connectivity index (χ1n) is 9.61. The molecule has 14 nitrogen and oxygen atoms in total. The van der Waals surface area contributed by atoms with Gasteiger partial charge >= 0.3 is 17.9 Å². The van der Waals surface area contributed by atoms with E-state index in [1.165, 1.54) is 21.6 Å². The molecule has 0 bridgehead atoms. The van der Waals surface area contributed by atoms with E-state index in [9.17, 15) is 24.5 Å². The molecule has 0 aliphatic carbocycles. The number of hydrogen-bond acceptors (Lipinski definition) is 11. The summed E-state index contributed by atoms with van der Waals surface area (Å²) in [6.45, 7) is 5.11. The van der Waals surface area contributed by atoms with E-state index in [-0.39, 0.29) is 41.0 Å². The van der Waals surface area contributed by atoms with E-state index in [1.54, 1.807) is 20.8 Å². The molecule has 0 spiro atoms. The highest BCUT2D eigenvalue weighted by atomic mass is 32.1. The third kappa shape index (κ3) is 5.20. The molecule has 0 unspecified atom stereocenters. The van der Waals surface area contributed by atoms with Crippen LogP contribution in [0.3, 0.4) is 0 Å². The predicted molar refractivity (Wildman–Crippen MR) is 113 cm³/mol. The summed E-state index contributed by atoms with van der Waals surface area (Å²) >= 11 is 0.898. The highest BCUT2D eigenvalue weighted by Gasteiger charge is 2.28. The van der Waals surface area contributed by atoms with Gasteiger partial charge in [-0.05, 0) is 37.3 Å². The highest BCUT2D eigenvalue weighted by molar-refractivity contribution is 7.18. The number of thiophene rings is 1. The minimum atomic E-state index is -0.729. The van der Waals surface area contributed by atoms with Gasteiger partial charge in [0.2, 0.25) is 6.33 Å². The molecule has 3 rings (SSSR count). The summed E-state index contributed by atoms with van der Waals surface area (Å²) in [4.78, 5) is 51.1. The van der Waals surface area contributed by atoms with Gasteiger partial charge in [-0.25, -0.2) is 14.3 Å². The van der Waals surface area contributed by atoms with Crippen LogP contribution < -0.4 is 5.32 Å². The molecule has 3 aromatic rings. The quantitative estimate of drug-likeness (QED) is 0.272. The number of carbonyl (C=O) groups excluding carboxylic acids is 3. The third-order valence-corrected chi connectivity index (χ3v) is 5.35. The number of anilines is 1. The maximum atomic E-state index is 12.7. The molecule has 0 saturated carbocycles. The zero-order valence-corrected chi connectivity index (χ0v) is 18.6. The van der Waals surface area contributed by atoms with Gasteiger partial charge in [0.25, 0.3) is 5.91 Å². The number of nitro groups is 1. The molecule has 1 N–H and O–H groups in total. The summed E-state index contributed by atoms with van der Waals surface area (Å²) in [5.41, 5.74) is 0.404. The van der Waals surface area contributed by atoms with Gasteiger partial charge in [-0.1, -0.05) is 4.98 Å². The lowest BCUT2D eigenvalue weighted by atomic mass is 10.1. The average molecular weight is 477 g/mol. The molecule has 174 valence electrons. The monoisotopic (exact) mass is 477 g/mol. The van der Waals surface area contributed by atoms with Crippen molar-refractivity contribution in [2.45, 2.75) is 27.4 Å². The van der Waals surface area contributed by atoms with Crippen LogP contribution in [0.5, 0.6) is 0 Å². The van der Waals surface area contributed by atoms with Crippen molar-refractivity contribution in [3.63, 3.8) is 0 Å². The smallest absolute Gasteiger partial charge is 0.462 e. The number of ether oxygens (including phenoxy) is 2. The van der Waals surface area contributed by atoms with Crippen molar-refractivity contribution in [3.05, 3.63) is 50.4 Å². The minimum Gasteiger partial charge on any atom is -0.462 e. The van der Waals surface area contributed by atoms with E-state index in [2.05, 4.69) is 20.5 Å². The Balaban J connectivity index is 1.81. The Hall–Kier alpha value is -4.14. The van der Waals surface area contributed by atoms with Crippen molar-refractivity contribution in [2.24, 2.45) is 0 Å². The molecule has 0 aliphatic heterocycles. The van der Waals surface area contributed by atoms with Crippen LogP contribution in [0.4, 0.5) is 10.9 Å². The first-order chi connectivity index (χ1) is 15.7. The fourth-order valence-electron chi connectivity index (χ4n) is 2.76. The molecule has 0 aromatic carbocycles. The van der Waals surface area contributed by atoms with Crippen LogP contribution in [0.15, 0.2) is 18.6 Å². The summed E-state index contributed by atoms with van der Waals surface area (Å²) in [5, 5.41) is 21.2. The molecule has 0 aliphatic rings. The zero-order chi connectivity index (χ0) is 24.1. The standard InChI is InChI=1S/C18H19N7O7S/c1-4-31-16(27)12-10(3)13(17(28)32-5-2)33-15(12)20-14(26)11-6-7-23(21-11)9-24-8-19-18(22-24)25(29)30/h6-8H,4-5,9H2,1-3H3,(H,20,26). The number of hydrogen-bond donors (Lipinski definition) is 1. The van der Waals surface area contributed by atoms with E-state index in [0.717, 1.165) is 17.7 Å². The summed E-state index contributed by atoms with van der Waals surface area (Å²) in [7, 11) is 0. The second-order valence-electron chi connectivity index (χ2n) is 6.38. The van der Waals surface area contributed by atoms with Gasteiger partial charge in [0, 0.05) is 11.3 Å². The van der Waals surface area contributed by atoms with Crippen LogP contribution in [-0.4, -0.2) is 60.5 Å². The van der Waals surface area contributed by atoms with Crippen molar-refractivity contribution in [1.82, 2.24) is 24.5 Å². The molecule has 0 atom stereocenters. The Bertz CT molecular complexity index is 1210. The van der Waals surface area contributed by atoms with Crippen molar-refractivity contribution in [3.8, 4) is 0 Å². The van der Waals surface area contributed by atoms with Crippen molar-refractivity contribution >= 4 is 40.1 Å². The molecule has 0 fully saturated rings. The van der Waals surface area contributed by atoms with E-state index in [0.29, 0.717) is 5.56 Å².